The summed E-state index contributed by atoms with van der Waals surface area (Å²) in [6.45, 7) is 7.59. The Kier molecular flexibility index (Phi) is 10.5. The number of rotatable bonds is 8. The minimum Gasteiger partial charge on any atom is -0.493 e. The fraction of sp³-hybridized carbons (Fsp3) is 0.476. The van der Waals surface area contributed by atoms with Gasteiger partial charge in [0.1, 0.15) is 6.61 Å². The van der Waals surface area contributed by atoms with Gasteiger partial charge in [0.25, 0.3) is 0 Å². The Morgan fingerprint density at radius 1 is 1.20 bits per heavy atom. The molecule has 0 atom stereocenters. The van der Waals surface area contributed by atoms with E-state index in [-0.39, 0.29) is 37.2 Å². The van der Waals surface area contributed by atoms with Gasteiger partial charge in [-0.1, -0.05) is 6.07 Å². The highest BCUT2D eigenvalue weighted by Gasteiger charge is 2.20. The van der Waals surface area contributed by atoms with E-state index in [2.05, 4.69) is 39.6 Å². The number of thiophene rings is 1. The monoisotopic (exact) mass is 546 g/mol. The number of nitrogens with one attached hydrogen (secondary N) is 1. The molecule has 1 aliphatic rings. The van der Waals surface area contributed by atoms with E-state index in [4.69, 9.17) is 19.6 Å². The molecule has 0 unspecified atom stereocenters. The van der Waals surface area contributed by atoms with Crippen LogP contribution < -0.4 is 19.7 Å². The van der Waals surface area contributed by atoms with E-state index in [9.17, 15) is 0 Å². The van der Waals surface area contributed by atoms with Crippen LogP contribution in [0.1, 0.15) is 12.5 Å². The van der Waals surface area contributed by atoms with Crippen LogP contribution in [0, 0.1) is 0 Å². The van der Waals surface area contributed by atoms with E-state index in [0.29, 0.717) is 18.0 Å². The lowest BCUT2D eigenvalue weighted by Gasteiger charge is -2.37. The highest BCUT2D eigenvalue weighted by molar-refractivity contribution is 14.0. The van der Waals surface area contributed by atoms with Crippen molar-refractivity contribution in [2.75, 3.05) is 57.9 Å². The Balaban J connectivity index is 0.00000320. The van der Waals surface area contributed by atoms with Gasteiger partial charge in [-0.2, -0.15) is 0 Å². The second-order valence-electron chi connectivity index (χ2n) is 6.65. The number of aliphatic hydroxyl groups is 1. The van der Waals surface area contributed by atoms with E-state index in [1.807, 2.05) is 18.2 Å². The number of benzene rings is 1. The van der Waals surface area contributed by atoms with Gasteiger partial charge in [0.05, 0.1) is 25.3 Å². The molecule has 0 spiro atoms. The van der Waals surface area contributed by atoms with Crippen molar-refractivity contribution < 1.29 is 14.6 Å². The zero-order chi connectivity index (χ0) is 20.5. The van der Waals surface area contributed by atoms with Crippen LogP contribution in [0.4, 0.5) is 5.00 Å². The lowest BCUT2D eigenvalue weighted by atomic mass is 10.2. The standard InChI is InChI=1S/C21H30N4O3S.HI/c1-3-22-21(25-10-8-24(9-11-25)20-5-4-14-29-20)23-16-17-6-7-18(28-13-12-26)19(15-17)27-2;/h4-7,14-15,26H,3,8-13,16H2,1-2H3,(H,22,23);1H. The molecular formula is C21H31IN4O3S. The molecular weight excluding hydrogens is 515 g/mol. The third-order valence-electron chi connectivity index (χ3n) is 4.72. The largest absolute Gasteiger partial charge is 0.493 e. The molecule has 9 heteroatoms. The molecule has 1 aromatic carbocycles. The maximum atomic E-state index is 8.94. The van der Waals surface area contributed by atoms with Crippen molar-refractivity contribution in [3.63, 3.8) is 0 Å². The topological polar surface area (TPSA) is 69.6 Å². The molecule has 0 radical (unpaired) electrons. The molecule has 1 aromatic heterocycles. The van der Waals surface area contributed by atoms with Gasteiger partial charge in [-0.3, -0.25) is 0 Å². The molecule has 30 heavy (non-hydrogen) atoms. The fourth-order valence-corrected chi connectivity index (χ4v) is 4.05. The molecule has 1 fully saturated rings. The first-order valence-electron chi connectivity index (χ1n) is 9.97. The predicted octanol–water partition coefficient (Wildman–Crippen LogP) is 3.03. The quantitative estimate of drug-likeness (QED) is 0.302. The third-order valence-corrected chi connectivity index (χ3v) is 5.65. The number of aliphatic hydroxyl groups excluding tert-OH is 1. The Morgan fingerprint density at radius 2 is 2.00 bits per heavy atom. The number of anilines is 1. The average molecular weight is 546 g/mol. The second kappa shape index (κ2) is 12.9. The molecule has 2 heterocycles. The second-order valence-corrected chi connectivity index (χ2v) is 7.58. The number of piperazine rings is 1. The normalized spacial score (nSPS) is 14.3. The Morgan fingerprint density at radius 3 is 2.63 bits per heavy atom. The van der Waals surface area contributed by atoms with Crippen LogP contribution in [0.3, 0.4) is 0 Å². The first-order valence-corrected chi connectivity index (χ1v) is 10.9. The summed E-state index contributed by atoms with van der Waals surface area (Å²) in [5, 5.41) is 15.8. The first-order chi connectivity index (χ1) is 14.2. The lowest BCUT2D eigenvalue weighted by Crippen LogP contribution is -2.52. The van der Waals surface area contributed by atoms with Crippen LogP contribution in [0.5, 0.6) is 11.5 Å². The van der Waals surface area contributed by atoms with Gasteiger partial charge in [-0.15, -0.1) is 35.3 Å². The average Bonchev–Trinajstić information content (AvgIpc) is 3.30. The number of halogens is 1. The van der Waals surface area contributed by atoms with Gasteiger partial charge in [-0.05, 0) is 42.1 Å². The minimum atomic E-state index is -0.0268. The van der Waals surface area contributed by atoms with Crippen LogP contribution in [-0.2, 0) is 6.54 Å². The van der Waals surface area contributed by atoms with Crippen molar-refractivity contribution in [3.8, 4) is 11.5 Å². The Hall–Kier alpha value is -1.72. The Labute approximate surface area is 199 Å². The van der Waals surface area contributed by atoms with Crippen LogP contribution in [-0.4, -0.2) is 69.0 Å². The van der Waals surface area contributed by atoms with Crippen LogP contribution >= 0.6 is 35.3 Å². The summed E-state index contributed by atoms with van der Waals surface area (Å²) in [6.07, 6.45) is 0. The van der Waals surface area contributed by atoms with Crippen molar-refractivity contribution in [2.45, 2.75) is 13.5 Å². The summed E-state index contributed by atoms with van der Waals surface area (Å²) >= 11 is 1.79. The van der Waals surface area contributed by atoms with Gasteiger partial charge in [-0.25, -0.2) is 4.99 Å². The molecule has 0 bridgehead atoms. The number of ether oxygens (including phenoxy) is 2. The van der Waals surface area contributed by atoms with Crippen molar-refractivity contribution in [2.24, 2.45) is 4.99 Å². The predicted molar refractivity (Wildman–Crippen MR) is 134 cm³/mol. The van der Waals surface area contributed by atoms with Crippen molar-refractivity contribution >= 4 is 46.3 Å². The summed E-state index contributed by atoms with van der Waals surface area (Å²) in [5.74, 6) is 2.23. The summed E-state index contributed by atoms with van der Waals surface area (Å²) in [4.78, 5) is 9.60. The Bertz CT molecular complexity index is 781. The maximum Gasteiger partial charge on any atom is 0.194 e. The van der Waals surface area contributed by atoms with E-state index >= 15 is 0 Å². The lowest BCUT2D eigenvalue weighted by molar-refractivity contribution is 0.196. The van der Waals surface area contributed by atoms with E-state index in [0.717, 1.165) is 44.2 Å². The van der Waals surface area contributed by atoms with Gasteiger partial charge in [0.15, 0.2) is 17.5 Å². The van der Waals surface area contributed by atoms with Gasteiger partial charge in [0, 0.05) is 32.7 Å². The van der Waals surface area contributed by atoms with E-state index in [1.54, 1.807) is 18.4 Å². The summed E-state index contributed by atoms with van der Waals surface area (Å²) in [7, 11) is 1.62. The zero-order valence-electron chi connectivity index (χ0n) is 17.5. The molecule has 2 aromatic rings. The summed E-state index contributed by atoms with van der Waals surface area (Å²) in [5.41, 5.74) is 1.05. The fourth-order valence-electron chi connectivity index (χ4n) is 3.27. The number of hydrogen-bond acceptors (Lipinski definition) is 6. The smallest absolute Gasteiger partial charge is 0.194 e. The van der Waals surface area contributed by atoms with Gasteiger partial charge >= 0.3 is 0 Å². The molecule has 7 nitrogen and oxygen atoms in total. The highest BCUT2D eigenvalue weighted by Crippen LogP contribution is 2.28. The maximum absolute atomic E-state index is 8.94. The summed E-state index contributed by atoms with van der Waals surface area (Å²) < 4.78 is 10.9. The number of hydrogen-bond donors (Lipinski definition) is 2. The minimum absolute atomic E-state index is 0. The zero-order valence-corrected chi connectivity index (χ0v) is 20.7. The third kappa shape index (κ3) is 6.64. The molecule has 1 saturated heterocycles. The highest BCUT2D eigenvalue weighted by atomic mass is 127. The van der Waals surface area contributed by atoms with E-state index in [1.165, 1.54) is 5.00 Å². The SMILES string of the molecule is CCNC(=NCc1ccc(OCCO)c(OC)c1)N1CCN(c2cccs2)CC1.I. The molecule has 0 aliphatic carbocycles. The van der Waals surface area contributed by atoms with Crippen LogP contribution in [0.15, 0.2) is 40.7 Å². The molecule has 0 saturated carbocycles. The van der Waals surface area contributed by atoms with Crippen molar-refractivity contribution in [3.05, 3.63) is 41.3 Å². The number of aliphatic imine (C=N–C) groups is 1. The molecule has 3 rings (SSSR count). The number of nitrogens with zero attached hydrogens (tertiary/aromatic N) is 3. The van der Waals surface area contributed by atoms with Crippen molar-refractivity contribution in [1.29, 1.82) is 0 Å². The van der Waals surface area contributed by atoms with Crippen molar-refractivity contribution in [1.82, 2.24) is 10.2 Å². The summed E-state index contributed by atoms with van der Waals surface area (Å²) in [6, 6.07) is 10.1. The molecule has 1 aliphatic heterocycles. The molecule has 166 valence electrons. The van der Waals surface area contributed by atoms with Crippen LogP contribution in [0.2, 0.25) is 0 Å². The number of methoxy groups -OCH3 is 1. The van der Waals surface area contributed by atoms with E-state index < -0.39 is 0 Å². The number of guanidine groups is 1. The molecule has 2 N–H and O–H groups in total. The van der Waals surface area contributed by atoms with Crippen LogP contribution in [0.25, 0.3) is 0 Å². The van der Waals surface area contributed by atoms with Gasteiger partial charge < -0.3 is 29.7 Å². The first kappa shape index (κ1) is 24.5. The molecule has 0 amide bonds. The van der Waals surface area contributed by atoms with Gasteiger partial charge in [0.2, 0.25) is 0 Å².